The van der Waals surface area contributed by atoms with Gasteiger partial charge in [-0.25, -0.2) is 0 Å². The maximum Gasteiger partial charge on any atom is 0.227 e. The molecule has 166 valence electrons. The molecule has 1 aliphatic rings. The minimum absolute atomic E-state index is 0.0304. The lowest BCUT2D eigenvalue weighted by molar-refractivity contribution is -0.117. The summed E-state index contributed by atoms with van der Waals surface area (Å²) in [4.78, 5) is 26.8. The lowest BCUT2D eigenvalue weighted by Crippen LogP contribution is -2.23. The van der Waals surface area contributed by atoms with Crippen LogP contribution in [0.3, 0.4) is 0 Å². The number of aromatic nitrogens is 3. The second-order valence-electron chi connectivity index (χ2n) is 7.78. The quantitative estimate of drug-likeness (QED) is 0.288. The average molecular weight is 459 g/mol. The SMILES string of the molecule is Cc1occc1-c1nnc(SCC(=O)c2cccc(N3CCCC3=O)c2)n1-c1ccccc1. The summed E-state index contributed by atoms with van der Waals surface area (Å²) in [6.45, 7) is 2.58. The molecule has 5 rings (SSSR count). The number of anilines is 1. The van der Waals surface area contributed by atoms with E-state index < -0.39 is 0 Å². The number of para-hydroxylation sites is 1. The highest BCUT2D eigenvalue weighted by Crippen LogP contribution is 2.31. The van der Waals surface area contributed by atoms with Gasteiger partial charge in [-0.15, -0.1) is 10.2 Å². The van der Waals surface area contributed by atoms with E-state index in [1.165, 1.54) is 11.8 Å². The predicted octanol–water partition coefficient (Wildman–Crippen LogP) is 4.94. The van der Waals surface area contributed by atoms with Crippen molar-refractivity contribution in [1.29, 1.82) is 0 Å². The lowest BCUT2D eigenvalue weighted by atomic mass is 10.1. The number of furan rings is 1. The molecule has 4 aromatic rings. The number of amides is 1. The molecule has 0 spiro atoms. The first-order valence-corrected chi connectivity index (χ1v) is 11.7. The summed E-state index contributed by atoms with van der Waals surface area (Å²) in [5, 5.41) is 9.39. The van der Waals surface area contributed by atoms with Gasteiger partial charge in [0.1, 0.15) is 5.76 Å². The van der Waals surface area contributed by atoms with E-state index in [1.807, 2.05) is 60.0 Å². The number of thioether (sulfide) groups is 1. The van der Waals surface area contributed by atoms with Gasteiger partial charge in [0.2, 0.25) is 5.91 Å². The van der Waals surface area contributed by atoms with Crippen molar-refractivity contribution in [3.05, 3.63) is 78.3 Å². The Morgan fingerprint density at radius 3 is 2.61 bits per heavy atom. The van der Waals surface area contributed by atoms with Crippen molar-refractivity contribution in [3.63, 3.8) is 0 Å². The Hall–Kier alpha value is -3.65. The average Bonchev–Trinajstić information content (AvgIpc) is 3.57. The normalized spacial score (nSPS) is 13.6. The summed E-state index contributed by atoms with van der Waals surface area (Å²) in [7, 11) is 0. The molecule has 0 saturated carbocycles. The minimum Gasteiger partial charge on any atom is -0.469 e. The van der Waals surface area contributed by atoms with E-state index >= 15 is 0 Å². The molecular formula is C25H22N4O3S. The molecule has 8 heteroatoms. The van der Waals surface area contributed by atoms with Crippen molar-refractivity contribution in [2.24, 2.45) is 0 Å². The van der Waals surface area contributed by atoms with Gasteiger partial charge in [-0.1, -0.05) is 42.1 Å². The number of hydrogen-bond acceptors (Lipinski definition) is 6. The molecule has 1 amide bonds. The highest BCUT2D eigenvalue weighted by molar-refractivity contribution is 7.99. The van der Waals surface area contributed by atoms with Gasteiger partial charge in [0.15, 0.2) is 16.8 Å². The Morgan fingerprint density at radius 2 is 1.88 bits per heavy atom. The fourth-order valence-electron chi connectivity index (χ4n) is 3.95. The van der Waals surface area contributed by atoms with Gasteiger partial charge in [0.05, 0.1) is 17.6 Å². The van der Waals surface area contributed by atoms with Gasteiger partial charge in [0, 0.05) is 29.9 Å². The van der Waals surface area contributed by atoms with Crippen LogP contribution in [0.4, 0.5) is 5.69 Å². The van der Waals surface area contributed by atoms with Gasteiger partial charge in [-0.05, 0) is 43.7 Å². The summed E-state index contributed by atoms with van der Waals surface area (Å²) >= 11 is 1.34. The third kappa shape index (κ3) is 4.21. The maximum atomic E-state index is 13.0. The highest BCUT2D eigenvalue weighted by Gasteiger charge is 2.23. The molecule has 0 bridgehead atoms. The van der Waals surface area contributed by atoms with Crippen molar-refractivity contribution in [2.45, 2.75) is 24.9 Å². The molecule has 33 heavy (non-hydrogen) atoms. The number of aryl methyl sites for hydroxylation is 1. The van der Waals surface area contributed by atoms with Crippen molar-refractivity contribution >= 4 is 29.1 Å². The number of Topliss-reactive ketones (excluding diaryl/α,β-unsaturated/α-hetero) is 1. The summed E-state index contributed by atoms with van der Waals surface area (Å²) in [6, 6.07) is 19.0. The first kappa shape index (κ1) is 21.2. The summed E-state index contributed by atoms with van der Waals surface area (Å²) in [6.07, 6.45) is 3.03. The Kier molecular flexibility index (Phi) is 5.83. The van der Waals surface area contributed by atoms with Crippen LogP contribution in [0, 0.1) is 6.92 Å². The lowest BCUT2D eigenvalue weighted by Gasteiger charge is -2.16. The molecule has 1 saturated heterocycles. The van der Waals surface area contributed by atoms with Crippen LogP contribution in [-0.2, 0) is 4.79 Å². The number of rotatable bonds is 7. The van der Waals surface area contributed by atoms with E-state index in [0.29, 0.717) is 29.5 Å². The summed E-state index contributed by atoms with van der Waals surface area (Å²) in [5.74, 6) is 1.69. The number of hydrogen-bond donors (Lipinski definition) is 0. The van der Waals surface area contributed by atoms with Gasteiger partial charge >= 0.3 is 0 Å². The van der Waals surface area contributed by atoms with E-state index in [2.05, 4.69) is 10.2 Å². The topological polar surface area (TPSA) is 81.2 Å². The van der Waals surface area contributed by atoms with Crippen LogP contribution in [0.15, 0.2) is 76.5 Å². The van der Waals surface area contributed by atoms with Gasteiger partial charge in [-0.2, -0.15) is 0 Å². The molecule has 2 aromatic carbocycles. The molecule has 1 fully saturated rings. The molecular weight excluding hydrogens is 436 g/mol. The third-order valence-corrected chi connectivity index (χ3v) is 6.56. The maximum absolute atomic E-state index is 13.0. The number of carbonyl (C=O) groups is 2. The highest BCUT2D eigenvalue weighted by atomic mass is 32.2. The zero-order chi connectivity index (χ0) is 22.8. The zero-order valence-electron chi connectivity index (χ0n) is 18.1. The fraction of sp³-hybridized carbons (Fsp3) is 0.200. The van der Waals surface area contributed by atoms with Crippen LogP contribution in [0.2, 0.25) is 0 Å². The number of benzene rings is 2. The molecule has 0 radical (unpaired) electrons. The van der Waals surface area contributed by atoms with Gasteiger partial charge in [-0.3, -0.25) is 14.2 Å². The van der Waals surface area contributed by atoms with E-state index in [1.54, 1.807) is 23.3 Å². The predicted molar refractivity (Wildman–Crippen MR) is 127 cm³/mol. The zero-order valence-corrected chi connectivity index (χ0v) is 18.9. The Bertz CT molecular complexity index is 1310. The van der Waals surface area contributed by atoms with Crippen LogP contribution >= 0.6 is 11.8 Å². The van der Waals surface area contributed by atoms with Crippen molar-refractivity contribution in [3.8, 4) is 17.1 Å². The molecule has 7 nitrogen and oxygen atoms in total. The van der Waals surface area contributed by atoms with Crippen LogP contribution < -0.4 is 4.90 Å². The molecule has 0 atom stereocenters. The van der Waals surface area contributed by atoms with E-state index in [0.717, 1.165) is 29.1 Å². The number of nitrogens with zero attached hydrogens (tertiary/aromatic N) is 4. The standard InChI is InChI=1S/C25H22N4O3S/c1-17-21(12-14-32-17)24-26-27-25(29(24)19-8-3-2-4-9-19)33-16-22(30)18-7-5-10-20(15-18)28-13-6-11-23(28)31/h2-5,7-10,12,14-15H,6,11,13,16H2,1H3. The fourth-order valence-corrected chi connectivity index (χ4v) is 4.79. The first-order valence-electron chi connectivity index (χ1n) is 10.7. The molecule has 0 unspecified atom stereocenters. The summed E-state index contributed by atoms with van der Waals surface area (Å²) < 4.78 is 7.41. The van der Waals surface area contributed by atoms with Crippen LogP contribution in [0.1, 0.15) is 29.0 Å². The van der Waals surface area contributed by atoms with Crippen LogP contribution in [-0.4, -0.2) is 38.8 Å². The second kappa shape index (κ2) is 9.07. The van der Waals surface area contributed by atoms with Crippen LogP contribution in [0.5, 0.6) is 0 Å². The second-order valence-corrected chi connectivity index (χ2v) is 8.72. The smallest absolute Gasteiger partial charge is 0.227 e. The van der Waals surface area contributed by atoms with Crippen molar-refractivity contribution in [1.82, 2.24) is 14.8 Å². The number of ketones is 1. The molecule has 0 aliphatic carbocycles. The van der Waals surface area contributed by atoms with Crippen LogP contribution in [0.25, 0.3) is 17.1 Å². The molecule has 3 heterocycles. The largest absolute Gasteiger partial charge is 0.469 e. The third-order valence-electron chi connectivity index (χ3n) is 5.63. The first-order chi connectivity index (χ1) is 16.1. The molecule has 1 aliphatic heterocycles. The molecule has 2 aromatic heterocycles. The Balaban J connectivity index is 1.40. The van der Waals surface area contributed by atoms with Gasteiger partial charge < -0.3 is 9.32 Å². The van der Waals surface area contributed by atoms with E-state index in [-0.39, 0.29) is 17.4 Å². The summed E-state index contributed by atoms with van der Waals surface area (Å²) in [5.41, 5.74) is 3.12. The van der Waals surface area contributed by atoms with Crippen molar-refractivity contribution in [2.75, 3.05) is 17.2 Å². The van der Waals surface area contributed by atoms with E-state index in [9.17, 15) is 9.59 Å². The van der Waals surface area contributed by atoms with E-state index in [4.69, 9.17) is 4.42 Å². The van der Waals surface area contributed by atoms with Crippen molar-refractivity contribution < 1.29 is 14.0 Å². The van der Waals surface area contributed by atoms with Gasteiger partial charge in [0.25, 0.3) is 0 Å². The minimum atomic E-state index is -0.0304. The molecule has 0 N–H and O–H groups in total. The Morgan fingerprint density at radius 1 is 1.06 bits per heavy atom. The Labute approximate surface area is 195 Å². The monoisotopic (exact) mass is 458 g/mol. The number of carbonyl (C=O) groups excluding carboxylic acids is 2.